The first-order valence-corrected chi connectivity index (χ1v) is 6.68. The van der Waals surface area contributed by atoms with Crippen LogP contribution in [0.25, 0.3) is 0 Å². The van der Waals surface area contributed by atoms with Crippen molar-refractivity contribution in [3.63, 3.8) is 0 Å². The third-order valence-electron chi connectivity index (χ3n) is 3.89. The molecule has 76 valence electrons. The van der Waals surface area contributed by atoms with Crippen molar-refractivity contribution in [2.24, 2.45) is 17.3 Å². The monoisotopic (exact) mass is 199 g/mol. The second kappa shape index (κ2) is 3.82. The van der Waals surface area contributed by atoms with Gasteiger partial charge in [-0.3, -0.25) is 0 Å². The van der Waals surface area contributed by atoms with Gasteiger partial charge < -0.3 is 5.32 Å². The third kappa shape index (κ3) is 1.75. The van der Waals surface area contributed by atoms with Crippen molar-refractivity contribution in [1.29, 1.82) is 0 Å². The summed E-state index contributed by atoms with van der Waals surface area (Å²) in [7, 11) is 0. The molecule has 0 aromatic heterocycles. The summed E-state index contributed by atoms with van der Waals surface area (Å²) < 4.78 is 0. The van der Waals surface area contributed by atoms with Gasteiger partial charge in [0.1, 0.15) is 0 Å². The zero-order chi connectivity index (χ0) is 9.31. The van der Waals surface area contributed by atoms with Crippen LogP contribution in [0.3, 0.4) is 0 Å². The van der Waals surface area contributed by atoms with Crippen molar-refractivity contribution in [1.82, 2.24) is 5.32 Å². The summed E-state index contributed by atoms with van der Waals surface area (Å²) in [6.07, 6.45) is 2.89. The minimum atomic E-state index is 0.712. The van der Waals surface area contributed by atoms with Gasteiger partial charge in [0.25, 0.3) is 0 Å². The van der Waals surface area contributed by atoms with Gasteiger partial charge >= 0.3 is 0 Å². The van der Waals surface area contributed by atoms with Gasteiger partial charge in [-0.2, -0.15) is 11.8 Å². The molecule has 1 N–H and O–H groups in total. The van der Waals surface area contributed by atoms with Gasteiger partial charge in [-0.05, 0) is 54.7 Å². The number of rotatable bonds is 1. The smallest absolute Gasteiger partial charge is 0.000680 e. The molecule has 2 heterocycles. The van der Waals surface area contributed by atoms with Crippen LogP contribution in [-0.2, 0) is 0 Å². The lowest BCUT2D eigenvalue weighted by molar-refractivity contribution is 0.0979. The molecule has 0 aromatic rings. The maximum Gasteiger partial charge on any atom is -0.000680 e. The maximum atomic E-state index is 3.56. The Balaban J connectivity index is 2.12. The van der Waals surface area contributed by atoms with Crippen molar-refractivity contribution in [2.75, 3.05) is 24.6 Å². The quantitative estimate of drug-likeness (QED) is 0.696. The highest BCUT2D eigenvalue weighted by Gasteiger charge is 2.44. The molecule has 2 atom stereocenters. The molecule has 0 radical (unpaired) electrons. The van der Waals surface area contributed by atoms with Crippen molar-refractivity contribution in [3.8, 4) is 0 Å². The summed E-state index contributed by atoms with van der Waals surface area (Å²) in [5, 5.41) is 3.56. The van der Waals surface area contributed by atoms with Gasteiger partial charge in [0.05, 0.1) is 0 Å². The van der Waals surface area contributed by atoms with Crippen LogP contribution in [0.15, 0.2) is 0 Å². The fraction of sp³-hybridized carbons (Fsp3) is 1.00. The van der Waals surface area contributed by atoms with Gasteiger partial charge in [0.15, 0.2) is 0 Å². The minimum absolute atomic E-state index is 0.712. The minimum Gasteiger partial charge on any atom is -0.316 e. The van der Waals surface area contributed by atoms with Crippen LogP contribution in [0.5, 0.6) is 0 Å². The first kappa shape index (κ1) is 9.85. The van der Waals surface area contributed by atoms with E-state index in [1.807, 2.05) is 0 Å². The Morgan fingerprint density at radius 1 is 1.38 bits per heavy atom. The van der Waals surface area contributed by atoms with Crippen molar-refractivity contribution < 1.29 is 0 Å². The van der Waals surface area contributed by atoms with Crippen LogP contribution in [0, 0.1) is 17.3 Å². The predicted molar refractivity (Wildman–Crippen MR) is 60.2 cm³/mol. The summed E-state index contributed by atoms with van der Waals surface area (Å²) in [6, 6.07) is 0. The average molecular weight is 199 g/mol. The summed E-state index contributed by atoms with van der Waals surface area (Å²) in [4.78, 5) is 0. The molecule has 0 amide bonds. The predicted octanol–water partition coefficient (Wildman–Crippen LogP) is 2.38. The van der Waals surface area contributed by atoms with E-state index in [9.17, 15) is 0 Å². The van der Waals surface area contributed by atoms with E-state index < -0.39 is 0 Å². The van der Waals surface area contributed by atoms with Crippen molar-refractivity contribution >= 4 is 11.8 Å². The molecule has 2 aliphatic rings. The molecule has 1 spiro atoms. The molecule has 0 bridgehead atoms. The Morgan fingerprint density at radius 2 is 2.23 bits per heavy atom. The first-order chi connectivity index (χ1) is 6.25. The third-order valence-corrected chi connectivity index (χ3v) is 5.16. The van der Waals surface area contributed by atoms with Gasteiger partial charge in [-0.15, -0.1) is 0 Å². The number of nitrogens with one attached hydrogen (secondary N) is 1. The van der Waals surface area contributed by atoms with Crippen LogP contribution in [0.1, 0.15) is 26.7 Å². The molecule has 1 nitrogen and oxygen atoms in total. The Morgan fingerprint density at radius 3 is 2.85 bits per heavy atom. The molecule has 2 unspecified atom stereocenters. The Hall–Kier alpha value is 0.310. The molecule has 0 saturated carbocycles. The van der Waals surface area contributed by atoms with E-state index >= 15 is 0 Å². The van der Waals surface area contributed by atoms with Crippen LogP contribution < -0.4 is 5.32 Å². The van der Waals surface area contributed by atoms with Gasteiger partial charge in [-0.25, -0.2) is 0 Å². The fourth-order valence-corrected chi connectivity index (χ4v) is 4.66. The van der Waals surface area contributed by atoms with E-state index in [4.69, 9.17) is 0 Å². The standard InChI is InChI=1S/C11H21NS/c1-9(2)10-7-12-5-3-11(10)4-6-13-8-11/h9-10,12H,3-8H2,1-2H3. The largest absolute Gasteiger partial charge is 0.316 e. The second-order valence-corrected chi connectivity index (χ2v) is 6.07. The summed E-state index contributed by atoms with van der Waals surface area (Å²) >= 11 is 2.17. The lowest BCUT2D eigenvalue weighted by Crippen LogP contribution is -2.47. The topological polar surface area (TPSA) is 12.0 Å². The lowest BCUT2D eigenvalue weighted by Gasteiger charge is -2.43. The number of hydrogen-bond acceptors (Lipinski definition) is 2. The zero-order valence-corrected chi connectivity index (χ0v) is 9.62. The average Bonchev–Trinajstić information content (AvgIpc) is 2.54. The molecule has 2 rings (SSSR count). The Kier molecular flexibility index (Phi) is 2.89. The highest BCUT2D eigenvalue weighted by atomic mass is 32.2. The molecular weight excluding hydrogens is 178 g/mol. The Bertz CT molecular complexity index is 173. The number of thioether (sulfide) groups is 1. The molecule has 0 aliphatic carbocycles. The van der Waals surface area contributed by atoms with E-state index in [0.717, 1.165) is 11.8 Å². The summed E-state index contributed by atoms with van der Waals surface area (Å²) in [5.74, 6) is 4.61. The van der Waals surface area contributed by atoms with E-state index in [-0.39, 0.29) is 0 Å². The summed E-state index contributed by atoms with van der Waals surface area (Å²) in [5.41, 5.74) is 0.712. The van der Waals surface area contributed by atoms with E-state index in [0.29, 0.717) is 5.41 Å². The molecule has 2 saturated heterocycles. The van der Waals surface area contributed by atoms with Crippen LogP contribution in [0.2, 0.25) is 0 Å². The molecular formula is C11H21NS. The highest BCUT2D eigenvalue weighted by molar-refractivity contribution is 7.99. The fourth-order valence-electron chi connectivity index (χ4n) is 3.05. The molecule has 2 heteroatoms. The van der Waals surface area contributed by atoms with E-state index in [1.165, 1.54) is 37.4 Å². The maximum absolute atomic E-state index is 3.56. The summed E-state index contributed by atoms with van der Waals surface area (Å²) in [6.45, 7) is 7.30. The van der Waals surface area contributed by atoms with Crippen LogP contribution in [-0.4, -0.2) is 24.6 Å². The van der Waals surface area contributed by atoms with Crippen molar-refractivity contribution in [3.05, 3.63) is 0 Å². The molecule has 2 aliphatic heterocycles. The Labute approximate surface area is 86.0 Å². The van der Waals surface area contributed by atoms with Crippen molar-refractivity contribution in [2.45, 2.75) is 26.7 Å². The number of piperidine rings is 1. The normalized spacial score (nSPS) is 40.4. The molecule has 13 heavy (non-hydrogen) atoms. The van der Waals surface area contributed by atoms with Crippen LogP contribution in [0.4, 0.5) is 0 Å². The first-order valence-electron chi connectivity index (χ1n) is 5.53. The molecule has 0 aromatic carbocycles. The van der Waals surface area contributed by atoms with E-state index in [1.54, 1.807) is 0 Å². The molecule has 2 fully saturated rings. The van der Waals surface area contributed by atoms with Gasteiger partial charge in [0.2, 0.25) is 0 Å². The highest BCUT2D eigenvalue weighted by Crippen LogP contribution is 2.48. The van der Waals surface area contributed by atoms with Crippen LogP contribution >= 0.6 is 11.8 Å². The lowest BCUT2D eigenvalue weighted by atomic mass is 9.66. The zero-order valence-electron chi connectivity index (χ0n) is 8.81. The van der Waals surface area contributed by atoms with Gasteiger partial charge in [-0.1, -0.05) is 13.8 Å². The van der Waals surface area contributed by atoms with Gasteiger partial charge in [0, 0.05) is 0 Å². The number of hydrogen-bond donors (Lipinski definition) is 1. The SMILES string of the molecule is CC(C)C1CNCCC12CCSC2. The second-order valence-electron chi connectivity index (χ2n) is 4.97. The van der Waals surface area contributed by atoms with E-state index in [2.05, 4.69) is 30.9 Å².